The van der Waals surface area contributed by atoms with Crippen LogP contribution >= 0.6 is 0 Å². The second kappa shape index (κ2) is 4.99. The summed E-state index contributed by atoms with van der Waals surface area (Å²) in [4.78, 5) is 10.9. The second-order valence-corrected chi connectivity index (χ2v) is 2.90. The Hall–Kier alpha value is -0.870. The molecule has 1 aliphatic heterocycles. The molecule has 0 aromatic rings. The van der Waals surface area contributed by atoms with Crippen LogP contribution in [-0.4, -0.2) is 31.5 Å². The number of nitrogens with one attached hydrogen (secondary N) is 1. The summed E-state index contributed by atoms with van der Waals surface area (Å²) in [6, 6.07) is 0. The summed E-state index contributed by atoms with van der Waals surface area (Å²) < 4.78 is 10.4. The molecule has 4 heteroatoms. The highest BCUT2D eigenvalue weighted by atomic mass is 16.6. The van der Waals surface area contributed by atoms with Crippen molar-refractivity contribution in [3.63, 3.8) is 0 Å². The van der Waals surface area contributed by atoms with Gasteiger partial charge in [0.1, 0.15) is 12.3 Å². The first-order valence-electron chi connectivity index (χ1n) is 4.42. The third-order valence-electron chi connectivity index (χ3n) is 1.75. The average Bonchev–Trinajstić information content (AvgIpc) is 2.95. The second-order valence-electron chi connectivity index (χ2n) is 2.90. The van der Waals surface area contributed by atoms with Crippen molar-refractivity contribution < 1.29 is 14.3 Å². The molecule has 1 N–H and O–H groups in total. The Balaban J connectivity index is 2.15. The van der Waals surface area contributed by atoms with E-state index < -0.39 is 0 Å². The Bertz CT molecular complexity index is 189. The highest BCUT2D eigenvalue weighted by Gasteiger charge is 2.24. The van der Waals surface area contributed by atoms with Crippen LogP contribution in [0.1, 0.15) is 13.3 Å². The standard InChI is InChI=1S/C9H15NO3/c1-3-8(11)10-9(4-2)13-6-7-5-12-7/h3,7,9H,1,4-6H2,2H3,(H,10,11). The molecule has 1 amide bonds. The molecule has 1 aliphatic rings. The van der Waals surface area contributed by atoms with Gasteiger partial charge in [0.2, 0.25) is 5.91 Å². The van der Waals surface area contributed by atoms with E-state index in [2.05, 4.69) is 11.9 Å². The lowest BCUT2D eigenvalue weighted by Gasteiger charge is -2.15. The minimum absolute atomic E-state index is 0.205. The van der Waals surface area contributed by atoms with Crippen molar-refractivity contribution in [1.29, 1.82) is 0 Å². The fraction of sp³-hybridized carbons (Fsp3) is 0.667. The van der Waals surface area contributed by atoms with Gasteiger partial charge in [0.15, 0.2) is 0 Å². The molecule has 0 aliphatic carbocycles. The minimum atomic E-state index is -0.227. The fourth-order valence-electron chi connectivity index (χ4n) is 0.867. The van der Waals surface area contributed by atoms with Crippen LogP contribution in [-0.2, 0) is 14.3 Å². The topological polar surface area (TPSA) is 50.9 Å². The summed E-state index contributed by atoms with van der Waals surface area (Å²) in [5, 5.41) is 2.66. The van der Waals surface area contributed by atoms with E-state index in [1.54, 1.807) is 0 Å². The minimum Gasteiger partial charge on any atom is -0.371 e. The van der Waals surface area contributed by atoms with Crippen molar-refractivity contribution in [3.05, 3.63) is 12.7 Å². The van der Waals surface area contributed by atoms with Crippen molar-refractivity contribution in [2.45, 2.75) is 25.7 Å². The molecule has 0 spiro atoms. The normalized spacial score (nSPS) is 22.1. The van der Waals surface area contributed by atoms with Gasteiger partial charge in [-0.25, -0.2) is 0 Å². The van der Waals surface area contributed by atoms with Crippen molar-refractivity contribution in [2.75, 3.05) is 13.2 Å². The van der Waals surface area contributed by atoms with Gasteiger partial charge in [-0.05, 0) is 12.5 Å². The number of epoxide rings is 1. The predicted octanol–water partition coefficient (Wildman–Crippen LogP) is 0.440. The molecular formula is C9H15NO3. The Labute approximate surface area is 77.9 Å². The summed E-state index contributed by atoms with van der Waals surface area (Å²) in [6.07, 6.45) is 1.98. The van der Waals surface area contributed by atoms with E-state index in [0.717, 1.165) is 13.0 Å². The predicted molar refractivity (Wildman–Crippen MR) is 48.1 cm³/mol. The first-order valence-corrected chi connectivity index (χ1v) is 4.42. The number of carbonyl (C=O) groups is 1. The van der Waals surface area contributed by atoms with Crippen molar-refractivity contribution in [2.24, 2.45) is 0 Å². The molecule has 1 saturated heterocycles. The summed E-state index contributed by atoms with van der Waals surface area (Å²) in [5.41, 5.74) is 0. The number of rotatable bonds is 6. The summed E-state index contributed by atoms with van der Waals surface area (Å²) in [6.45, 7) is 6.63. The Morgan fingerprint density at radius 2 is 2.62 bits per heavy atom. The van der Waals surface area contributed by atoms with Crippen LogP contribution in [0.5, 0.6) is 0 Å². The van der Waals surface area contributed by atoms with Crippen LogP contribution in [0.3, 0.4) is 0 Å². The van der Waals surface area contributed by atoms with Crippen molar-refractivity contribution >= 4 is 5.91 Å². The van der Waals surface area contributed by atoms with E-state index in [0.29, 0.717) is 6.61 Å². The van der Waals surface area contributed by atoms with E-state index >= 15 is 0 Å². The van der Waals surface area contributed by atoms with E-state index in [4.69, 9.17) is 9.47 Å². The molecule has 0 radical (unpaired) electrons. The maximum absolute atomic E-state index is 10.9. The molecular weight excluding hydrogens is 170 g/mol. The zero-order chi connectivity index (χ0) is 9.68. The highest BCUT2D eigenvalue weighted by Crippen LogP contribution is 2.10. The van der Waals surface area contributed by atoms with Gasteiger partial charge in [0.25, 0.3) is 0 Å². The van der Waals surface area contributed by atoms with Crippen LogP contribution in [0.15, 0.2) is 12.7 Å². The van der Waals surface area contributed by atoms with Crippen molar-refractivity contribution in [1.82, 2.24) is 5.32 Å². The molecule has 1 fully saturated rings. The molecule has 2 unspecified atom stereocenters. The summed E-state index contributed by atoms with van der Waals surface area (Å²) in [5.74, 6) is -0.205. The first kappa shape index (κ1) is 10.2. The molecule has 13 heavy (non-hydrogen) atoms. The Morgan fingerprint density at radius 3 is 3.08 bits per heavy atom. The molecule has 0 saturated carbocycles. The number of hydrogen-bond acceptors (Lipinski definition) is 3. The van der Waals surface area contributed by atoms with E-state index in [9.17, 15) is 4.79 Å². The van der Waals surface area contributed by atoms with Gasteiger partial charge < -0.3 is 14.8 Å². The van der Waals surface area contributed by atoms with Gasteiger partial charge in [-0.2, -0.15) is 0 Å². The molecule has 74 valence electrons. The van der Waals surface area contributed by atoms with E-state index in [-0.39, 0.29) is 18.2 Å². The largest absolute Gasteiger partial charge is 0.371 e. The van der Waals surface area contributed by atoms with E-state index in [1.807, 2.05) is 6.92 Å². The third-order valence-corrected chi connectivity index (χ3v) is 1.75. The molecule has 2 atom stereocenters. The monoisotopic (exact) mass is 185 g/mol. The Kier molecular flexibility index (Phi) is 3.92. The van der Waals surface area contributed by atoms with Gasteiger partial charge in [0.05, 0.1) is 13.2 Å². The average molecular weight is 185 g/mol. The van der Waals surface area contributed by atoms with Gasteiger partial charge in [-0.15, -0.1) is 0 Å². The number of carbonyl (C=O) groups excluding carboxylic acids is 1. The smallest absolute Gasteiger partial charge is 0.245 e. The molecule has 0 bridgehead atoms. The zero-order valence-corrected chi connectivity index (χ0v) is 7.79. The molecule has 4 nitrogen and oxygen atoms in total. The SMILES string of the molecule is C=CC(=O)NC(CC)OCC1CO1. The van der Waals surface area contributed by atoms with Crippen molar-refractivity contribution in [3.8, 4) is 0 Å². The lowest BCUT2D eigenvalue weighted by Crippen LogP contribution is -2.36. The number of amides is 1. The quantitative estimate of drug-likeness (QED) is 0.371. The maximum atomic E-state index is 10.9. The Morgan fingerprint density at radius 1 is 1.92 bits per heavy atom. The molecule has 1 heterocycles. The fourth-order valence-corrected chi connectivity index (χ4v) is 0.867. The summed E-state index contributed by atoms with van der Waals surface area (Å²) in [7, 11) is 0. The zero-order valence-electron chi connectivity index (χ0n) is 7.79. The van der Waals surface area contributed by atoms with Gasteiger partial charge in [-0.3, -0.25) is 4.79 Å². The van der Waals surface area contributed by atoms with Crippen LogP contribution in [0, 0.1) is 0 Å². The first-order chi connectivity index (χ1) is 6.26. The summed E-state index contributed by atoms with van der Waals surface area (Å²) >= 11 is 0. The number of ether oxygens (including phenoxy) is 2. The molecule has 0 aromatic carbocycles. The molecule has 1 rings (SSSR count). The van der Waals surface area contributed by atoms with E-state index in [1.165, 1.54) is 6.08 Å². The van der Waals surface area contributed by atoms with Crippen LogP contribution in [0.4, 0.5) is 0 Å². The van der Waals surface area contributed by atoms with Crippen LogP contribution in [0.2, 0.25) is 0 Å². The third kappa shape index (κ3) is 4.05. The van der Waals surface area contributed by atoms with Gasteiger partial charge in [0, 0.05) is 0 Å². The lowest BCUT2D eigenvalue weighted by atomic mass is 10.4. The lowest BCUT2D eigenvalue weighted by molar-refractivity contribution is -0.121. The highest BCUT2D eigenvalue weighted by molar-refractivity contribution is 5.86. The van der Waals surface area contributed by atoms with Gasteiger partial charge in [-0.1, -0.05) is 13.5 Å². The number of hydrogen-bond donors (Lipinski definition) is 1. The van der Waals surface area contributed by atoms with Crippen LogP contribution in [0.25, 0.3) is 0 Å². The maximum Gasteiger partial charge on any atom is 0.245 e. The van der Waals surface area contributed by atoms with Gasteiger partial charge >= 0.3 is 0 Å². The van der Waals surface area contributed by atoms with Crippen LogP contribution < -0.4 is 5.32 Å². The molecule has 0 aromatic heterocycles.